The molecule has 1 atom stereocenters. The van der Waals surface area contributed by atoms with E-state index < -0.39 is 11.6 Å². The molecule has 0 aliphatic carbocycles. The standard InChI is InChI=1S/C21H25N3O4/c1-23(2)19(15-5-6-17-18(12-15)28-14-27-17)20(25)24-10-7-21(26,8-11-24)16-4-3-9-22-13-16/h3-6,9,12-13,19,26H,7-8,10-11,14H2,1-2H3/t19-/m0/s1. The zero-order chi connectivity index (χ0) is 19.7. The van der Waals surface area contributed by atoms with Gasteiger partial charge in [-0.05, 0) is 50.7 Å². The van der Waals surface area contributed by atoms with E-state index in [0.717, 1.165) is 11.1 Å². The summed E-state index contributed by atoms with van der Waals surface area (Å²) >= 11 is 0. The number of ether oxygens (including phenoxy) is 2. The molecular weight excluding hydrogens is 358 g/mol. The van der Waals surface area contributed by atoms with Gasteiger partial charge in [0.25, 0.3) is 0 Å². The summed E-state index contributed by atoms with van der Waals surface area (Å²) in [6.07, 6.45) is 4.38. The Morgan fingerprint density at radius 3 is 2.64 bits per heavy atom. The molecule has 0 saturated carbocycles. The van der Waals surface area contributed by atoms with Gasteiger partial charge in [0.05, 0.1) is 5.60 Å². The molecule has 1 fully saturated rings. The van der Waals surface area contributed by atoms with Crippen molar-refractivity contribution in [3.8, 4) is 11.5 Å². The number of likely N-dealkylation sites (tertiary alicyclic amines) is 1. The molecule has 0 unspecified atom stereocenters. The van der Waals surface area contributed by atoms with Gasteiger partial charge in [0.15, 0.2) is 11.5 Å². The Hall–Kier alpha value is -2.64. The molecule has 28 heavy (non-hydrogen) atoms. The van der Waals surface area contributed by atoms with E-state index in [2.05, 4.69) is 4.98 Å². The Morgan fingerprint density at radius 2 is 1.96 bits per heavy atom. The molecule has 1 saturated heterocycles. The molecule has 0 radical (unpaired) electrons. The quantitative estimate of drug-likeness (QED) is 0.870. The van der Waals surface area contributed by atoms with Crippen LogP contribution in [0.3, 0.4) is 0 Å². The van der Waals surface area contributed by atoms with Crippen LogP contribution >= 0.6 is 0 Å². The van der Waals surface area contributed by atoms with Gasteiger partial charge in [0, 0.05) is 31.0 Å². The normalized spacial score (nSPS) is 18.9. The van der Waals surface area contributed by atoms with Crippen LogP contribution in [0.15, 0.2) is 42.7 Å². The molecule has 0 spiro atoms. The topological polar surface area (TPSA) is 75.1 Å². The Bertz CT molecular complexity index is 848. The first-order chi connectivity index (χ1) is 13.5. The number of pyridine rings is 1. The van der Waals surface area contributed by atoms with Crippen LogP contribution in [0.25, 0.3) is 0 Å². The van der Waals surface area contributed by atoms with Crippen LogP contribution in [0.1, 0.15) is 30.0 Å². The number of hydrogen-bond acceptors (Lipinski definition) is 6. The van der Waals surface area contributed by atoms with E-state index in [1.54, 1.807) is 12.4 Å². The average Bonchev–Trinajstić information content (AvgIpc) is 3.17. The van der Waals surface area contributed by atoms with Crippen molar-refractivity contribution in [1.29, 1.82) is 0 Å². The lowest BCUT2D eigenvalue weighted by Crippen LogP contribution is -2.48. The highest BCUT2D eigenvalue weighted by Crippen LogP contribution is 2.37. The van der Waals surface area contributed by atoms with Crippen molar-refractivity contribution < 1.29 is 19.4 Å². The number of fused-ring (bicyclic) bond motifs is 1. The summed E-state index contributed by atoms with van der Waals surface area (Å²) in [6, 6.07) is 8.93. The lowest BCUT2D eigenvalue weighted by molar-refractivity contribution is -0.141. The molecule has 1 aromatic carbocycles. The van der Waals surface area contributed by atoms with Crippen LogP contribution in [-0.2, 0) is 10.4 Å². The number of likely N-dealkylation sites (N-methyl/N-ethyl adjacent to an activating group) is 1. The predicted octanol–water partition coefficient (Wildman–Crippen LogP) is 1.92. The summed E-state index contributed by atoms with van der Waals surface area (Å²) in [5, 5.41) is 11.0. The molecule has 7 heteroatoms. The van der Waals surface area contributed by atoms with Crippen molar-refractivity contribution in [3.05, 3.63) is 53.9 Å². The SMILES string of the molecule is CN(C)[C@H](C(=O)N1CCC(O)(c2cccnc2)CC1)c1ccc2c(c1)OCO2. The first-order valence-corrected chi connectivity index (χ1v) is 9.45. The summed E-state index contributed by atoms with van der Waals surface area (Å²) in [4.78, 5) is 21.2. The van der Waals surface area contributed by atoms with E-state index >= 15 is 0 Å². The van der Waals surface area contributed by atoms with Crippen molar-refractivity contribution >= 4 is 5.91 Å². The third-order valence-electron chi connectivity index (χ3n) is 5.56. The fourth-order valence-corrected chi connectivity index (χ4v) is 3.94. The maximum absolute atomic E-state index is 13.3. The maximum atomic E-state index is 13.3. The molecule has 1 amide bonds. The molecule has 7 nitrogen and oxygen atoms in total. The number of carbonyl (C=O) groups is 1. The van der Waals surface area contributed by atoms with Crippen LogP contribution in [0, 0.1) is 0 Å². The van der Waals surface area contributed by atoms with Crippen LogP contribution in [0.2, 0.25) is 0 Å². The zero-order valence-corrected chi connectivity index (χ0v) is 16.2. The summed E-state index contributed by atoms with van der Waals surface area (Å²) in [7, 11) is 3.78. The van der Waals surface area contributed by atoms with Gasteiger partial charge < -0.3 is 19.5 Å². The second-order valence-corrected chi connectivity index (χ2v) is 7.58. The van der Waals surface area contributed by atoms with Crippen LogP contribution in [0.5, 0.6) is 11.5 Å². The molecular formula is C21H25N3O4. The largest absolute Gasteiger partial charge is 0.454 e. The Balaban J connectivity index is 1.50. The number of hydrogen-bond donors (Lipinski definition) is 1. The number of aromatic nitrogens is 1. The van der Waals surface area contributed by atoms with Gasteiger partial charge in [-0.2, -0.15) is 0 Å². The Labute approximate surface area is 164 Å². The molecule has 2 aromatic rings. The Kier molecular flexibility index (Phi) is 4.95. The molecule has 1 aromatic heterocycles. The van der Waals surface area contributed by atoms with Gasteiger partial charge >= 0.3 is 0 Å². The van der Waals surface area contributed by atoms with E-state index in [1.165, 1.54) is 0 Å². The number of aliphatic hydroxyl groups is 1. The molecule has 3 heterocycles. The summed E-state index contributed by atoms with van der Waals surface area (Å²) < 4.78 is 10.8. The second-order valence-electron chi connectivity index (χ2n) is 7.58. The number of benzene rings is 1. The van der Waals surface area contributed by atoms with Crippen molar-refractivity contribution in [2.24, 2.45) is 0 Å². The van der Waals surface area contributed by atoms with Crippen molar-refractivity contribution in [3.63, 3.8) is 0 Å². The predicted molar refractivity (Wildman–Crippen MR) is 103 cm³/mol. The maximum Gasteiger partial charge on any atom is 0.244 e. The van der Waals surface area contributed by atoms with Crippen molar-refractivity contribution in [2.75, 3.05) is 34.0 Å². The highest BCUT2D eigenvalue weighted by Gasteiger charge is 2.38. The number of amides is 1. The second kappa shape index (κ2) is 7.41. The van der Waals surface area contributed by atoms with E-state index in [-0.39, 0.29) is 12.7 Å². The number of nitrogens with zero attached hydrogens (tertiary/aromatic N) is 3. The minimum Gasteiger partial charge on any atom is -0.454 e. The first kappa shape index (κ1) is 18.7. The molecule has 2 aliphatic rings. The Morgan fingerprint density at radius 1 is 1.21 bits per heavy atom. The third kappa shape index (κ3) is 3.43. The first-order valence-electron chi connectivity index (χ1n) is 9.45. The fraction of sp³-hybridized carbons (Fsp3) is 0.429. The van der Waals surface area contributed by atoms with E-state index in [9.17, 15) is 9.90 Å². The van der Waals surface area contributed by atoms with Gasteiger partial charge in [-0.15, -0.1) is 0 Å². The van der Waals surface area contributed by atoms with Crippen LogP contribution in [-0.4, -0.2) is 59.8 Å². The minimum atomic E-state index is -0.933. The number of piperidine rings is 1. The lowest BCUT2D eigenvalue weighted by atomic mass is 9.85. The van der Waals surface area contributed by atoms with Gasteiger partial charge in [-0.3, -0.25) is 14.7 Å². The zero-order valence-electron chi connectivity index (χ0n) is 16.2. The van der Waals surface area contributed by atoms with E-state index in [0.29, 0.717) is 37.4 Å². The highest BCUT2D eigenvalue weighted by atomic mass is 16.7. The molecule has 4 rings (SSSR count). The number of rotatable bonds is 4. The molecule has 0 bridgehead atoms. The van der Waals surface area contributed by atoms with Gasteiger partial charge in [-0.1, -0.05) is 12.1 Å². The van der Waals surface area contributed by atoms with E-state index in [4.69, 9.17) is 9.47 Å². The van der Waals surface area contributed by atoms with Crippen LogP contribution in [0.4, 0.5) is 0 Å². The summed E-state index contributed by atoms with van der Waals surface area (Å²) in [5.74, 6) is 1.40. The molecule has 1 N–H and O–H groups in total. The van der Waals surface area contributed by atoms with Crippen molar-refractivity contribution in [1.82, 2.24) is 14.8 Å². The molecule has 2 aliphatic heterocycles. The lowest BCUT2D eigenvalue weighted by Gasteiger charge is -2.40. The number of carbonyl (C=O) groups excluding carboxylic acids is 1. The van der Waals surface area contributed by atoms with E-state index in [1.807, 2.05) is 54.2 Å². The van der Waals surface area contributed by atoms with Gasteiger partial charge in [0.1, 0.15) is 6.04 Å². The van der Waals surface area contributed by atoms with Gasteiger partial charge in [0.2, 0.25) is 12.7 Å². The average molecular weight is 383 g/mol. The highest BCUT2D eigenvalue weighted by molar-refractivity contribution is 5.83. The van der Waals surface area contributed by atoms with Gasteiger partial charge in [-0.25, -0.2) is 0 Å². The third-order valence-corrected chi connectivity index (χ3v) is 5.56. The molecule has 148 valence electrons. The summed E-state index contributed by atoms with van der Waals surface area (Å²) in [5.41, 5.74) is 0.742. The summed E-state index contributed by atoms with van der Waals surface area (Å²) in [6.45, 7) is 1.21. The van der Waals surface area contributed by atoms with Crippen molar-refractivity contribution in [2.45, 2.75) is 24.5 Å². The smallest absolute Gasteiger partial charge is 0.244 e. The fourth-order valence-electron chi connectivity index (χ4n) is 3.94. The monoisotopic (exact) mass is 383 g/mol. The van der Waals surface area contributed by atoms with Crippen LogP contribution < -0.4 is 9.47 Å². The minimum absolute atomic E-state index is 0.0251.